The van der Waals surface area contributed by atoms with Crippen molar-refractivity contribution in [2.24, 2.45) is 0 Å². The Morgan fingerprint density at radius 2 is 1.25 bits per heavy atom. The Kier molecular flexibility index (Phi) is 12.3. The Morgan fingerprint density at radius 3 is 1.80 bits per heavy atom. The quantitative estimate of drug-likeness (QED) is 0.130. The van der Waals surface area contributed by atoms with Gasteiger partial charge >= 0.3 is 17.9 Å². The molecule has 0 spiro atoms. The van der Waals surface area contributed by atoms with E-state index in [1.165, 1.54) is 12.1 Å². The van der Waals surface area contributed by atoms with Crippen molar-refractivity contribution in [1.29, 1.82) is 0 Å². The molecule has 0 fully saturated rings. The molecular weight excluding hydrogens is 512 g/mol. The molecule has 3 rings (SSSR count). The first kappa shape index (κ1) is 31.0. The van der Waals surface area contributed by atoms with Gasteiger partial charge in [-0.1, -0.05) is 44.0 Å². The molecule has 3 aromatic carbocycles. The van der Waals surface area contributed by atoms with Crippen LogP contribution in [0.4, 0.5) is 0 Å². The maximum atomic E-state index is 11.3. The van der Waals surface area contributed by atoms with E-state index in [1.807, 2.05) is 31.2 Å². The first-order chi connectivity index (χ1) is 19.2. The Morgan fingerprint density at radius 1 is 0.700 bits per heavy atom. The van der Waals surface area contributed by atoms with Crippen LogP contribution in [0.3, 0.4) is 0 Å². The van der Waals surface area contributed by atoms with Gasteiger partial charge in [-0.2, -0.15) is 0 Å². The van der Waals surface area contributed by atoms with Gasteiger partial charge in [0.1, 0.15) is 17.8 Å². The molecule has 8 heteroatoms. The average molecular weight is 543 g/mol. The predicted molar refractivity (Wildman–Crippen MR) is 151 cm³/mol. The minimum absolute atomic E-state index is 0.0912. The molecule has 0 N–H and O–H groups in total. The van der Waals surface area contributed by atoms with Gasteiger partial charge in [0.25, 0.3) is 0 Å². The van der Waals surface area contributed by atoms with Gasteiger partial charge in [-0.05, 0) is 72.0 Å². The van der Waals surface area contributed by atoms with Crippen LogP contribution in [0.2, 0.25) is 0 Å². The maximum absolute atomic E-state index is 11.3. The van der Waals surface area contributed by atoms with E-state index in [1.54, 1.807) is 25.3 Å². The fourth-order valence-corrected chi connectivity index (χ4v) is 3.33. The minimum Gasteiger partial charge on any atom is -0.496 e. The summed E-state index contributed by atoms with van der Waals surface area (Å²) in [6, 6.07) is 18.0. The lowest BCUT2D eigenvalue weighted by Crippen LogP contribution is -2.09. The lowest BCUT2D eigenvalue weighted by atomic mass is 10.0. The summed E-state index contributed by atoms with van der Waals surface area (Å²) >= 11 is 0. The van der Waals surface area contributed by atoms with E-state index >= 15 is 0 Å². The fourth-order valence-electron chi connectivity index (χ4n) is 3.33. The Bertz CT molecular complexity index is 1390. The second-order valence-corrected chi connectivity index (χ2v) is 8.07. The summed E-state index contributed by atoms with van der Waals surface area (Å²) in [6.45, 7) is 11.9. The normalized spacial score (nSPS) is 9.65. The monoisotopic (exact) mass is 542 g/mol. The van der Waals surface area contributed by atoms with Crippen LogP contribution in [-0.2, 0) is 25.6 Å². The molecule has 40 heavy (non-hydrogen) atoms. The van der Waals surface area contributed by atoms with Crippen LogP contribution in [-0.4, -0.2) is 31.3 Å². The number of methoxy groups -OCH3 is 1. The Hall–Kier alpha value is -5.24. The summed E-state index contributed by atoms with van der Waals surface area (Å²) in [5.41, 5.74) is 3.99. The van der Waals surface area contributed by atoms with Crippen LogP contribution < -0.4 is 18.9 Å². The molecule has 0 aliphatic heterocycles. The van der Waals surface area contributed by atoms with Crippen LogP contribution in [0.15, 0.2) is 98.6 Å². The highest BCUT2D eigenvalue weighted by molar-refractivity contribution is 5.86. The summed E-state index contributed by atoms with van der Waals surface area (Å²) in [5.74, 6) is -0.240. The Balaban J connectivity index is 0.000000280. The van der Waals surface area contributed by atoms with Gasteiger partial charge in [0.15, 0.2) is 11.5 Å². The summed E-state index contributed by atoms with van der Waals surface area (Å²) in [7, 11) is 1.66. The SMILES string of the molecule is C=CC(=O)Oc1ccc(-c2ccc(OC)c(C)c2)cc1.C=CC(=O)Oc1ccc(CCC=O)cc1OC(=O)C=C. The van der Waals surface area contributed by atoms with Crippen molar-refractivity contribution < 1.29 is 38.1 Å². The topological polar surface area (TPSA) is 105 Å². The highest BCUT2D eigenvalue weighted by Crippen LogP contribution is 2.30. The third-order valence-corrected chi connectivity index (χ3v) is 5.28. The van der Waals surface area contributed by atoms with Gasteiger partial charge in [-0.15, -0.1) is 0 Å². The molecule has 0 amide bonds. The Labute approximate surface area is 233 Å². The van der Waals surface area contributed by atoms with Gasteiger partial charge in [0, 0.05) is 24.6 Å². The number of aldehydes is 1. The number of ether oxygens (including phenoxy) is 4. The molecule has 206 valence electrons. The predicted octanol–water partition coefficient (Wildman–Crippen LogP) is 5.76. The minimum atomic E-state index is -0.673. The summed E-state index contributed by atoms with van der Waals surface area (Å²) < 4.78 is 20.2. The third kappa shape index (κ3) is 9.57. The van der Waals surface area contributed by atoms with Gasteiger partial charge < -0.3 is 23.7 Å². The van der Waals surface area contributed by atoms with Crippen molar-refractivity contribution >= 4 is 24.2 Å². The van der Waals surface area contributed by atoms with Gasteiger partial charge in [0.05, 0.1) is 7.11 Å². The van der Waals surface area contributed by atoms with Crippen LogP contribution in [0.1, 0.15) is 17.5 Å². The molecule has 3 aromatic rings. The molecular formula is C32H30O8. The number of esters is 3. The fraction of sp³-hybridized carbons (Fsp3) is 0.125. The number of hydrogen-bond acceptors (Lipinski definition) is 8. The molecule has 0 heterocycles. The van der Waals surface area contributed by atoms with E-state index in [9.17, 15) is 19.2 Å². The van der Waals surface area contributed by atoms with Crippen LogP contribution in [0.25, 0.3) is 11.1 Å². The second kappa shape index (κ2) is 15.9. The highest BCUT2D eigenvalue weighted by atomic mass is 16.6. The molecule has 0 aliphatic rings. The van der Waals surface area contributed by atoms with E-state index in [4.69, 9.17) is 18.9 Å². The number of carbonyl (C=O) groups is 4. The molecule has 0 saturated heterocycles. The number of aryl methyl sites for hydroxylation is 2. The zero-order chi connectivity index (χ0) is 29.5. The second-order valence-electron chi connectivity index (χ2n) is 8.07. The first-order valence-electron chi connectivity index (χ1n) is 12.1. The lowest BCUT2D eigenvalue weighted by Gasteiger charge is -2.10. The highest BCUT2D eigenvalue weighted by Gasteiger charge is 2.12. The number of benzene rings is 3. The smallest absolute Gasteiger partial charge is 0.335 e. The van der Waals surface area contributed by atoms with E-state index in [-0.39, 0.29) is 11.5 Å². The molecule has 0 aliphatic carbocycles. The molecule has 8 nitrogen and oxygen atoms in total. The maximum Gasteiger partial charge on any atom is 0.335 e. The molecule has 0 radical (unpaired) electrons. The van der Waals surface area contributed by atoms with Crippen molar-refractivity contribution in [3.63, 3.8) is 0 Å². The van der Waals surface area contributed by atoms with Crippen molar-refractivity contribution in [1.82, 2.24) is 0 Å². The van der Waals surface area contributed by atoms with E-state index < -0.39 is 17.9 Å². The summed E-state index contributed by atoms with van der Waals surface area (Å²) in [4.78, 5) is 43.9. The van der Waals surface area contributed by atoms with E-state index in [0.717, 1.165) is 52.5 Å². The van der Waals surface area contributed by atoms with E-state index in [0.29, 0.717) is 18.6 Å². The van der Waals surface area contributed by atoms with Crippen molar-refractivity contribution in [3.05, 3.63) is 110 Å². The third-order valence-electron chi connectivity index (χ3n) is 5.28. The van der Waals surface area contributed by atoms with E-state index in [2.05, 4.69) is 25.8 Å². The zero-order valence-corrected chi connectivity index (χ0v) is 22.4. The number of hydrogen-bond donors (Lipinski definition) is 0. The number of rotatable bonds is 11. The molecule has 0 saturated carbocycles. The van der Waals surface area contributed by atoms with Crippen molar-refractivity contribution in [3.8, 4) is 34.1 Å². The lowest BCUT2D eigenvalue weighted by molar-refractivity contribution is -0.131. The van der Waals surface area contributed by atoms with Gasteiger partial charge in [-0.3, -0.25) is 0 Å². The first-order valence-corrected chi connectivity index (χ1v) is 12.1. The van der Waals surface area contributed by atoms with Gasteiger partial charge in [0.2, 0.25) is 0 Å². The molecule has 0 aromatic heterocycles. The summed E-state index contributed by atoms with van der Waals surface area (Å²) in [5, 5.41) is 0. The summed E-state index contributed by atoms with van der Waals surface area (Å²) in [6.07, 6.45) is 4.77. The average Bonchev–Trinajstić information content (AvgIpc) is 2.97. The van der Waals surface area contributed by atoms with Crippen LogP contribution in [0.5, 0.6) is 23.0 Å². The standard InChI is InChI=1S/C17H16O3.C15H14O5/c1-4-17(18)20-15-8-5-13(6-9-15)14-7-10-16(19-3)12(2)11-14;1-3-14(17)19-12-8-7-11(6-5-9-16)10-13(12)20-15(18)4-2/h4-11H,1H2,2-3H3;3-4,7-10H,1-2,5-6H2. The van der Waals surface area contributed by atoms with Crippen molar-refractivity contribution in [2.75, 3.05) is 7.11 Å². The zero-order valence-electron chi connectivity index (χ0n) is 22.4. The largest absolute Gasteiger partial charge is 0.496 e. The van der Waals surface area contributed by atoms with Crippen molar-refractivity contribution in [2.45, 2.75) is 19.8 Å². The molecule has 0 unspecified atom stereocenters. The molecule has 0 atom stereocenters. The van der Waals surface area contributed by atoms with Crippen LogP contribution in [0, 0.1) is 6.92 Å². The van der Waals surface area contributed by atoms with Crippen LogP contribution >= 0.6 is 0 Å². The number of carbonyl (C=O) groups excluding carboxylic acids is 4. The molecule has 0 bridgehead atoms. The van der Waals surface area contributed by atoms with Gasteiger partial charge in [-0.25, -0.2) is 14.4 Å².